The summed E-state index contributed by atoms with van der Waals surface area (Å²) in [6.45, 7) is 0.949. The van der Waals surface area contributed by atoms with Crippen LogP contribution in [0.25, 0.3) is 0 Å². The second-order valence-electron chi connectivity index (χ2n) is 5.96. The van der Waals surface area contributed by atoms with E-state index in [1.807, 2.05) is 0 Å². The first kappa shape index (κ1) is 20.8. The van der Waals surface area contributed by atoms with Crippen LogP contribution in [0.1, 0.15) is 17.2 Å². The van der Waals surface area contributed by atoms with Crippen LogP contribution in [0, 0.1) is 0 Å². The van der Waals surface area contributed by atoms with E-state index in [1.54, 1.807) is 30.3 Å². The normalized spacial score (nSPS) is 13.8. The zero-order valence-electron chi connectivity index (χ0n) is 16.2. The van der Waals surface area contributed by atoms with Gasteiger partial charge >= 0.3 is 0 Å². The maximum absolute atomic E-state index is 12.5. The summed E-state index contributed by atoms with van der Waals surface area (Å²) >= 11 is 6.30. The van der Waals surface area contributed by atoms with Gasteiger partial charge in [-0.1, -0.05) is 17.7 Å². The van der Waals surface area contributed by atoms with Crippen molar-refractivity contribution in [3.05, 3.63) is 46.5 Å². The van der Waals surface area contributed by atoms with E-state index in [-0.39, 0.29) is 0 Å². The molecule has 0 aliphatic carbocycles. The first-order chi connectivity index (χ1) is 14.1. The maximum Gasteiger partial charge on any atom is 0.273 e. The van der Waals surface area contributed by atoms with Gasteiger partial charge in [0.25, 0.3) is 5.91 Å². The highest BCUT2D eigenvalue weighted by Gasteiger charge is 2.22. The lowest BCUT2D eigenvalue weighted by Gasteiger charge is -2.20. The third-order valence-corrected chi connectivity index (χ3v) is 4.63. The molecule has 1 heterocycles. The number of hydrazone groups is 1. The highest BCUT2D eigenvalue weighted by Crippen LogP contribution is 2.36. The predicted molar refractivity (Wildman–Crippen MR) is 107 cm³/mol. The standard InChI is InChI=1S/C20H21ClN2O6/c1-25-15-7-5-13(17(21)19(15)27-3)11-22-23-20(24)18(26-2)12-4-6-14-16(10-12)29-9-8-28-14/h4-7,10-11,18H,8-9H2,1-3H3,(H,23,24). The Labute approximate surface area is 173 Å². The second kappa shape index (κ2) is 9.49. The molecule has 0 fully saturated rings. The van der Waals surface area contributed by atoms with Gasteiger partial charge in [0.2, 0.25) is 0 Å². The SMILES string of the molecule is COc1ccc(C=NNC(=O)C(OC)c2ccc3c(c2)OCCO3)c(Cl)c1OC. The van der Waals surface area contributed by atoms with E-state index in [4.69, 9.17) is 35.3 Å². The summed E-state index contributed by atoms with van der Waals surface area (Å²) in [6, 6.07) is 8.61. The maximum atomic E-state index is 12.5. The monoisotopic (exact) mass is 420 g/mol. The fourth-order valence-electron chi connectivity index (χ4n) is 2.85. The molecular formula is C20H21ClN2O6. The van der Waals surface area contributed by atoms with E-state index in [1.165, 1.54) is 27.5 Å². The molecule has 0 spiro atoms. The van der Waals surface area contributed by atoms with Crippen LogP contribution in [0.15, 0.2) is 35.4 Å². The first-order valence-corrected chi connectivity index (χ1v) is 9.12. The van der Waals surface area contributed by atoms with Crippen molar-refractivity contribution in [2.24, 2.45) is 5.10 Å². The number of hydrogen-bond acceptors (Lipinski definition) is 7. The Hall–Kier alpha value is -2.97. The number of rotatable bonds is 7. The zero-order valence-corrected chi connectivity index (χ0v) is 17.0. The van der Waals surface area contributed by atoms with Gasteiger partial charge in [0.15, 0.2) is 29.1 Å². The molecule has 9 heteroatoms. The lowest BCUT2D eigenvalue weighted by atomic mass is 10.1. The molecule has 29 heavy (non-hydrogen) atoms. The van der Waals surface area contributed by atoms with Gasteiger partial charge in [0.05, 0.1) is 25.5 Å². The molecular weight excluding hydrogens is 400 g/mol. The third-order valence-electron chi connectivity index (χ3n) is 4.24. The van der Waals surface area contributed by atoms with Crippen LogP contribution in [0.2, 0.25) is 5.02 Å². The van der Waals surface area contributed by atoms with Gasteiger partial charge in [-0.05, 0) is 29.8 Å². The molecule has 1 unspecified atom stereocenters. The van der Waals surface area contributed by atoms with Gasteiger partial charge in [0, 0.05) is 12.7 Å². The van der Waals surface area contributed by atoms with Crippen molar-refractivity contribution in [1.82, 2.24) is 5.43 Å². The van der Waals surface area contributed by atoms with Crippen LogP contribution in [-0.4, -0.2) is 46.7 Å². The zero-order chi connectivity index (χ0) is 20.8. The highest BCUT2D eigenvalue weighted by molar-refractivity contribution is 6.34. The van der Waals surface area contributed by atoms with Crippen LogP contribution < -0.4 is 24.4 Å². The van der Waals surface area contributed by atoms with Crippen molar-refractivity contribution in [2.75, 3.05) is 34.5 Å². The lowest BCUT2D eigenvalue weighted by Crippen LogP contribution is -2.27. The first-order valence-electron chi connectivity index (χ1n) is 8.74. The minimum Gasteiger partial charge on any atom is -0.493 e. The minimum absolute atomic E-state index is 0.319. The van der Waals surface area contributed by atoms with Gasteiger partial charge < -0.3 is 23.7 Å². The Morgan fingerprint density at radius 1 is 1.14 bits per heavy atom. The molecule has 3 rings (SSSR count). The Morgan fingerprint density at radius 3 is 2.59 bits per heavy atom. The van der Waals surface area contributed by atoms with E-state index in [9.17, 15) is 4.79 Å². The fraction of sp³-hybridized carbons (Fsp3) is 0.300. The molecule has 1 atom stereocenters. The molecule has 1 N–H and O–H groups in total. The van der Waals surface area contributed by atoms with Crippen LogP contribution in [0.3, 0.4) is 0 Å². The molecule has 0 radical (unpaired) electrons. The minimum atomic E-state index is -0.871. The lowest BCUT2D eigenvalue weighted by molar-refractivity contribution is -0.131. The predicted octanol–water partition coefficient (Wildman–Crippen LogP) is 2.97. The molecule has 1 aliphatic heterocycles. The van der Waals surface area contributed by atoms with Crippen molar-refractivity contribution < 1.29 is 28.5 Å². The number of carbonyl (C=O) groups is 1. The summed E-state index contributed by atoms with van der Waals surface area (Å²) in [5.41, 5.74) is 3.63. The molecule has 2 aromatic rings. The van der Waals surface area contributed by atoms with Gasteiger partial charge in [-0.25, -0.2) is 5.43 Å². The summed E-state index contributed by atoms with van der Waals surface area (Å²) in [5.74, 6) is 1.64. The van der Waals surface area contributed by atoms with E-state index in [0.717, 1.165) is 0 Å². The fourth-order valence-corrected chi connectivity index (χ4v) is 3.13. The molecule has 0 saturated heterocycles. The molecule has 2 aromatic carbocycles. The number of hydrogen-bond donors (Lipinski definition) is 1. The quantitative estimate of drug-likeness (QED) is 0.547. The topological polar surface area (TPSA) is 87.6 Å². The Bertz CT molecular complexity index is 918. The molecule has 0 aromatic heterocycles. The summed E-state index contributed by atoms with van der Waals surface area (Å²) in [6.07, 6.45) is 0.544. The largest absolute Gasteiger partial charge is 0.493 e. The molecule has 8 nitrogen and oxygen atoms in total. The smallest absolute Gasteiger partial charge is 0.273 e. The van der Waals surface area contributed by atoms with Crippen molar-refractivity contribution in [3.63, 3.8) is 0 Å². The molecule has 1 aliphatic rings. The van der Waals surface area contributed by atoms with Crippen molar-refractivity contribution in [1.29, 1.82) is 0 Å². The van der Waals surface area contributed by atoms with Gasteiger partial charge in [-0.15, -0.1) is 0 Å². The van der Waals surface area contributed by atoms with E-state index in [0.29, 0.717) is 52.4 Å². The number of carbonyl (C=O) groups excluding carboxylic acids is 1. The van der Waals surface area contributed by atoms with Crippen LogP contribution in [-0.2, 0) is 9.53 Å². The van der Waals surface area contributed by atoms with Crippen molar-refractivity contribution >= 4 is 23.7 Å². The number of halogens is 1. The van der Waals surface area contributed by atoms with Crippen molar-refractivity contribution in [2.45, 2.75) is 6.10 Å². The molecule has 0 bridgehead atoms. The van der Waals surface area contributed by atoms with Gasteiger partial charge in [0.1, 0.15) is 13.2 Å². The molecule has 0 saturated carbocycles. The van der Waals surface area contributed by atoms with Crippen LogP contribution in [0.4, 0.5) is 0 Å². The summed E-state index contributed by atoms with van der Waals surface area (Å²) < 4.78 is 26.8. The summed E-state index contributed by atoms with van der Waals surface area (Å²) in [5, 5.41) is 4.29. The number of amides is 1. The Balaban J connectivity index is 1.72. The molecule has 154 valence electrons. The van der Waals surface area contributed by atoms with Gasteiger partial charge in [-0.2, -0.15) is 5.10 Å². The van der Waals surface area contributed by atoms with E-state index in [2.05, 4.69) is 10.5 Å². The Morgan fingerprint density at radius 2 is 1.90 bits per heavy atom. The van der Waals surface area contributed by atoms with E-state index >= 15 is 0 Å². The average Bonchev–Trinajstić information content (AvgIpc) is 2.75. The van der Waals surface area contributed by atoms with Crippen molar-refractivity contribution in [3.8, 4) is 23.0 Å². The van der Waals surface area contributed by atoms with E-state index < -0.39 is 12.0 Å². The third kappa shape index (κ3) is 4.55. The number of ether oxygens (including phenoxy) is 5. The Kier molecular flexibility index (Phi) is 6.79. The van der Waals surface area contributed by atoms with Gasteiger partial charge in [-0.3, -0.25) is 4.79 Å². The number of fused-ring (bicyclic) bond motifs is 1. The number of methoxy groups -OCH3 is 3. The van der Waals surface area contributed by atoms with Crippen LogP contribution >= 0.6 is 11.6 Å². The summed E-state index contributed by atoms with van der Waals surface area (Å²) in [4.78, 5) is 12.5. The molecule has 1 amide bonds. The van der Waals surface area contributed by atoms with Crippen LogP contribution in [0.5, 0.6) is 23.0 Å². The number of benzene rings is 2. The highest BCUT2D eigenvalue weighted by atomic mass is 35.5. The number of nitrogens with zero attached hydrogens (tertiary/aromatic N) is 1. The average molecular weight is 421 g/mol. The second-order valence-corrected chi connectivity index (χ2v) is 6.34. The number of nitrogens with one attached hydrogen (secondary N) is 1. The summed E-state index contributed by atoms with van der Waals surface area (Å²) in [7, 11) is 4.45.